The van der Waals surface area contributed by atoms with Crippen molar-refractivity contribution in [1.29, 1.82) is 0 Å². The van der Waals surface area contributed by atoms with E-state index < -0.39 is 5.97 Å². The molecule has 0 radical (unpaired) electrons. The smallest absolute Gasteiger partial charge is 0.316 e. The van der Waals surface area contributed by atoms with Gasteiger partial charge in [0.1, 0.15) is 0 Å². The Bertz CT molecular complexity index is 740. The highest BCUT2D eigenvalue weighted by molar-refractivity contribution is 8.00. The van der Waals surface area contributed by atoms with Crippen LogP contribution in [0.3, 0.4) is 0 Å². The summed E-state index contributed by atoms with van der Waals surface area (Å²) in [5.41, 5.74) is 0.980. The third kappa shape index (κ3) is 6.61. The molecule has 0 saturated heterocycles. The summed E-state index contributed by atoms with van der Waals surface area (Å²) in [6.07, 6.45) is 0. The summed E-state index contributed by atoms with van der Waals surface area (Å²) in [6.45, 7) is 1.55. The number of amides is 1. The molecule has 7 heteroatoms. The first-order chi connectivity index (χ1) is 12.0. The highest BCUT2D eigenvalue weighted by atomic mass is 35.5. The highest BCUT2D eigenvalue weighted by Crippen LogP contribution is 2.29. The van der Waals surface area contributed by atoms with Crippen LogP contribution < -0.4 is 5.32 Å². The van der Waals surface area contributed by atoms with Crippen molar-refractivity contribution < 1.29 is 14.3 Å². The minimum absolute atomic E-state index is 0.0432. The quantitative estimate of drug-likeness (QED) is 0.551. The predicted octanol–water partition coefficient (Wildman–Crippen LogP) is 4.51. The Morgan fingerprint density at radius 2 is 1.88 bits per heavy atom. The number of hydrogen-bond acceptors (Lipinski definition) is 4. The van der Waals surface area contributed by atoms with Gasteiger partial charge in [-0.25, -0.2) is 0 Å². The summed E-state index contributed by atoms with van der Waals surface area (Å²) < 4.78 is 4.98. The molecule has 0 aliphatic rings. The Kier molecular flexibility index (Phi) is 7.62. The van der Waals surface area contributed by atoms with Crippen LogP contribution in [0.15, 0.2) is 53.4 Å². The monoisotopic (exact) mass is 397 g/mol. The van der Waals surface area contributed by atoms with Crippen molar-refractivity contribution in [2.45, 2.75) is 17.9 Å². The fourth-order valence-corrected chi connectivity index (χ4v) is 3.31. The van der Waals surface area contributed by atoms with Gasteiger partial charge in [0.2, 0.25) is 0 Å². The van der Waals surface area contributed by atoms with Crippen molar-refractivity contribution in [2.75, 3.05) is 12.4 Å². The van der Waals surface area contributed by atoms with E-state index >= 15 is 0 Å². The highest BCUT2D eigenvalue weighted by Gasteiger charge is 2.12. The van der Waals surface area contributed by atoms with Gasteiger partial charge in [0, 0.05) is 9.92 Å². The van der Waals surface area contributed by atoms with E-state index in [4.69, 9.17) is 27.9 Å². The summed E-state index contributed by atoms with van der Waals surface area (Å²) in [5.74, 6) is -0.805. The maximum absolute atomic E-state index is 11.9. The van der Waals surface area contributed by atoms with Crippen molar-refractivity contribution >= 4 is 46.8 Å². The van der Waals surface area contributed by atoms with Crippen LogP contribution >= 0.6 is 35.0 Å². The number of carbonyl (C=O) groups is 2. The maximum atomic E-state index is 11.9. The zero-order valence-electron chi connectivity index (χ0n) is 13.5. The molecule has 0 spiro atoms. The molecule has 0 aromatic heterocycles. The predicted molar refractivity (Wildman–Crippen MR) is 101 cm³/mol. The van der Waals surface area contributed by atoms with E-state index in [2.05, 4.69) is 5.32 Å². The summed E-state index contributed by atoms with van der Waals surface area (Å²) >= 11 is 13.1. The van der Waals surface area contributed by atoms with E-state index in [0.717, 1.165) is 5.56 Å². The van der Waals surface area contributed by atoms with Gasteiger partial charge in [-0.05, 0) is 30.7 Å². The van der Waals surface area contributed by atoms with Crippen LogP contribution in [0.5, 0.6) is 0 Å². The second-order valence-electron chi connectivity index (χ2n) is 5.22. The van der Waals surface area contributed by atoms with E-state index in [-0.39, 0.29) is 24.3 Å². The molecule has 25 heavy (non-hydrogen) atoms. The van der Waals surface area contributed by atoms with E-state index in [1.54, 1.807) is 18.2 Å². The topological polar surface area (TPSA) is 55.4 Å². The minimum Gasteiger partial charge on any atom is -0.455 e. The fourth-order valence-electron chi connectivity index (χ4n) is 2.02. The maximum Gasteiger partial charge on any atom is 0.316 e. The largest absolute Gasteiger partial charge is 0.455 e. The van der Waals surface area contributed by atoms with Crippen LogP contribution in [0, 0.1) is 0 Å². The molecule has 0 heterocycles. The normalized spacial score (nSPS) is 11.6. The standard InChI is InChI=1S/C18H17Cl2NO3S/c1-12(13-5-3-2-4-6-13)21-17(22)10-24-18(23)11-25-16-9-14(19)7-8-15(16)20/h2-9,12H,10-11H2,1H3,(H,21,22)/t12-/m0/s1. The Morgan fingerprint density at radius 1 is 1.16 bits per heavy atom. The fraction of sp³-hybridized carbons (Fsp3) is 0.222. The lowest BCUT2D eigenvalue weighted by atomic mass is 10.1. The van der Waals surface area contributed by atoms with Gasteiger partial charge in [0.05, 0.1) is 16.8 Å². The van der Waals surface area contributed by atoms with Crippen molar-refractivity contribution in [1.82, 2.24) is 5.32 Å². The summed E-state index contributed by atoms with van der Waals surface area (Å²) in [4.78, 5) is 24.3. The molecule has 2 aromatic carbocycles. The lowest BCUT2D eigenvalue weighted by molar-refractivity contribution is -0.146. The SMILES string of the molecule is C[C@H](NC(=O)COC(=O)CSc1cc(Cl)ccc1Cl)c1ccccc1. The van der Waals surface area contributed by atoms with Gasteiger partial charge in [-0.2, -0.15) is 0 Å². The van der Waals surface area contributed by atoms with Gasteiger partial charge in [0.15, 0.2) is 6.61 Å². The van der Waals surface area contributed by atoms with Gasteiger partial charge in [0.25, 0.3) is 5.91 Å². The number of ether oxygens (including phenoxy) is 1. The molecule has 4 nitrogen and oxygen atoms in total. The molecule has 2 rings (SSSR count). The van der Waals surface area contributed by atoms with Gasteiger partial charge < -0.3 is 10.1 Å². The van der Waals surface area contributed by atoms with E-state index in [9.17, 15) is 9.59 Å². The number of nitrogens with one attached hydrogen (secondary N) is 1. The van der Waals surface area contributed by atoms with E-state index in [1.807, 2.05) is 37.3 Å². The Morgan fingerprint density at radius 3 is 2.60 bits per heavy atom. The average molecular weight is 398 g/mol. The molecule has 0 saturated carbocycles. The van der Waals surface area contributed by atoms with Crippen LogP contribution in [0.4, 0.5) is 0 Å². The van der Waals surface area contributed by atoms with Gasteiger partial charge >= 0.3 is 5.97 Å². The number of esters is 1. The number of halogens is 2. The molecule has 1 N–H and O–H groups in total. The first-order valence-corrected chi connectivity index (χ1v) is 9.27. The lowest BCUT2D eigenvalue weighted by Crippen LogP contribution is -2.31. The summed E-state index contributed by atoms with van der Waals surface area (Å²) in [5, 5.41) is 3.83. The minimum atomic E-state index is -0.497. The molecule has 0 bridgehead atoms. The van der Waals surface area contributed by atoms with Gasteiger partial charge in [-0.1, -0.05) is 53.5 Å². The summed E-state index contributed by atoms with van der Waals surface area (Å²) in [6, 6.07) is 14.4. The second-order valence-corrected chi connectivity index (χ2v) is 7.08. The third-order valence-electron chi connectivity index (χ3n) is 3.28. The van der Waals surface area contributed by atoms with E-state index in [1.165, 1.54) is 11.8 Å². The molecule has 1 amide bonds. The third-order valence-corrected chi connectivity index (χ3v) is 4.99. The Balaban J connectivity index is 1.74. The number of hydrogen-bond donors (Lipinski definition) is 1. The van der Waals surface area contributed by atoms with Crippen LogP contribution in [0.2, 0.25) is 10.0 Å². The molecule has 132 valence electrons. The van der Waals surface area contributed by atoms with Gasteiger partial charge in [-0.15, -0.1) is 11.8 Å². The molecule has 0 fully saturated rings. The van der Waals surface area contributed by atoms with E-state index in [0.29, 0.717) is 14.9 Å². The molecule has 2 aromatic rings. The number of thioether (sulfide) groups is 1. The number of carbonyl (C=O) groups excluding carboxylic acids is 2. The van der Waals surface area contributed by atoms with Crippen LogP contribution in [-0.4, -0.2) is 24.2 Å². The zero-order chi connectivity index (χ0) is 18.2. The Labute approximate surface area is 160 Å². The lowest BCUT2D eigenvalue weighted by Gasteiger charge is -2.14. The first kappa shape index (κ1) is 19.6. The van der Waals surface area contributed by atoms with Crippen molar-refractivity contribution in [3.8, 4) is 0 Å². The van der Waals surface area contributed by atoms with Gasteiger partial charge in [-0.3, -0.25) is 9.59 Å². The second kappa shape index (κ2) is 9.70. The zero-order valence-corrected chi connectivity index (χ0v) is 15.8. The van der Waals surface area contributed by atoms with Crippen molar-refractivity contribution in [3.05, 3.63) is 64.1 Å². The van der Waals surface area contributed by atoms with Crippen molar-refractivity contribution in [2.24, 2.45) is 0 Å². The molecule has 0 aliphatic carbocycles. The van der Waals surface area contributed by atoms with Crippen LogP contribution in [0.25, 0.3) is 0 Å². The Hall–Kier alpha value is -1.69. The van der Waals surface area contributed by atoms with Crippen LogP contribution in [-0.2, 0) is 14.3 Å². The average Bonchev–Trinajstić information content (AvgIpc) is 2.61. The molecular formula is C18H17Cl2NO3S. The number of benzene rings is 2. The molecular weight excluding hydrogens is 381 g/mol. The van der Waals surface area contributed by atoms with Crippen LogP contribution in [0.1, 0.15) is 18.5 Å². The molecule has 0 unspecified atom stereocenters. The number of rotatable bonds is 7. The molecule has 0 aliphatic heterocycles. The molecule has 1 atom stereocenters. The van der Waals surface area contributed by atoms with Crippen molar-refractivity contribution in [3.63, 3.8) is 0 Å². The summed E-state index contributed by atoms with van der Waals surface area (Å²) in [7, 11) is 0. The first-order valence-electron chi connectivity index (χ1n) is 7.53.